The van der Waals surface area contributed by atoms with Crippen LogP contribution in [-0.4, -0.2) is 39.0 Å². The van der Waals surface area contributed by atoms with Gasteiger partial charge in [-0.3, -0.25) is 20.2 Å². The number of halogens is 1. The number of ether oxygens (including phenoxy) is 1. The Morgan fingerprint density at radius 3 is 2.53 bits per heavy atom. The molecule has 0 unspecified atom stereocenters. The fraction of sp³-hybridized carbons (Fsp3) is 0.297. The SMILES string of the molecule is COc1nc(-c2cccc(-c3cccc(Nc4nc(C)cc5c4c(=O)n(C)c(=O)n5C)c3C)c2Cl)cc2c1[C@@H](NC[CH-]CC[C-]=O)CC2.[Mn+2]. The maximum Gasteiger partial charge on any atom is 2.00 e. The molecule has 5 aromatic rings. The predicted octanol–water partition coefficient (Wildman–Crippen LogP) is 6.05. The number of unbranched alkanes of at least 4 members (excludes halogenated alkanes) is 2. The van der Waals surface area contributed by atoms with Crippen molar-refractivity contribution in [3.05, 3.63) is 103 Å². The summed E-state index contributed by atoms with van der Waals surface area (Å²) in [5.41, 5.74) is 7.51. The molecule has 1 radical (unpaired) electrons. The van der Waals surface area contributed by atoms with Crippen LogP contribution in [0.2, 0.25) is 5.02 Å². The summed E-state index contributed by atoms with van der Waals surface area (Å²) in [4.78, 5) is 46.0. The first-order valence-corrected chi connectivity index (χ1v) is 16.2. The first kappa shape index (κ1) is 36.0. The first-order chi connectivity index (χ1) is 23.1. The molecule has 0 saturated heterocycles. The number of pyridine rings is 2. The third-order valence-electron chi connectivity index (χ3n) is 9.04. The van der Waals surface area contributed by atoms with E-state index in [1.807, 2.05) is 56.5 Å². The van der Waals surface area contributed by atoms with Gasteiger partial charge in [0.25, 0.3) is 5.56 Å². The minimum absolute atomic E-state index is 0. The van der Waals surface area contributed by atoms with Gasteiger partial charge in [-0.2, -0.15) is 6.42 Å². The van der Waals surface area contributed by atoms with Crippen LogP contribution in [0.5, 0.6) is 5.88 Å². The fourth-order valence-electron chi connectivity index (χ4n) is 6.52. The molecule has 0 saturated carbocycles. The Labute approximate surface area is 300 Å². The van der Waals surface area contributed by atoms with E-state index in [1.54, 1.807) is 20.2 Å². The Morgan fingerprint density at radius 2 is 1.78 bits per heavy atom. The summed E-state index contributed by atoms with van der Waals surface area (Å²) in [6.07, 6.45) is 6.88. The smallest absolute Gasteiger partial charge is 0.542 e. The Hall–Kier alpha value is -4.28. The Morgan fingerprint density at radius 1 is 1.04 bits per heavy atom. The van der Waals surface area contributed by atoms with Crippen LogP contribution in [-0.2, 0) is 42.4 Å². The third-order valence-corrected chi connectivity index (χ3v) is 9.45. The molecule has 10 nitrogen and oxygen atoms in total. The summed E-state index contributed by atoms with van der Waals surface area (Å²) in [6, 6.07) is 15.7. The van der Waals surface area contributed by atoms with E-state index in [2.05, 4.69) is 28.1 Å². The predicted molar refractivity (Wildman–Crippen MR) is 190 cm³/mol. The molecule has 1 aliphatic rings. The largest absolute Gasteiger partial charge is 2.00 e. The number of benzene rings is 2. The van der Waals surface area contributed by atoms with Crippen LogP contribution >= 0.6 is 11.6 Å². The fourth-order valence-corrected chi connectivity index (χ4v) is 6.85. The second-order valence-corrected chi connectivity index (χ2v) is 12.4. The molecule has 0 bridgehead atoms. The van der Waals surface area contributed by atoms with Crippen molar-refractivity contribution < 1.29 is 26.6 Å². The van der Waals surface area contributed by atoms with Crippen LogP contribution in [0.15, 0.2) is 58.1 Å². The Bertz CT molecular complexity index is 2180. The van der Waals surface area contributed by atoms with Gasteiger partial charge in [0.1, 0.15) is 11.2 Å². The van der Waals surface area contributed by atoms with Gasteiger partial charge in [0.05, 0.1) is 23.3 Å². The van der Waals surface area contributed by atoms with E-state index in [9.17, 15) is 14.4 Å². The molecule has 6 rings (SSSR count). The normalized spacial score (nSPS) is 13.6. The van der Waals surface area contributed by atoms with Gasteiger partial charge in [0.15, 0.2) is 0 Å². The Balaban J connectivity index is 0.00000468. The van der Waals surface area contributed by atoms with E-state index in [1.165, 1.54) is 17.2 Å². The van der Waals surface area contributed by atoms with E-state index >= 15 is 0 Å². The molecular weight excluding hydrogens is 683 g/mol. The number of fused-ring (bicyclic) bond motifs is 2. The second-order valence-electron chi connectivity index (χ2n) is 12.0. The summed E-state index contributed by atoms with van der Waals surface area (Å²) in [5, 5.41) is 7.82. The number of carbonyl (C=O) groups excluding carboxylic acids is 1. The van der Waals surface area contributed by atoms with E-state index in [0.29, 0.717) is 52.7 Å². The molecule has 1 atom stereocenters. The molecule has 0 spiro atoms. The van der Waals surface area contributed by atoms with E-state index in [-0.39, 0.29) is 23.1 Å². The van der Waals surface area contributed by atoms with Gasteiger partial charge in [-0.25, -0.2) is 21.2 Å². The number of methoxy groups -OCH3 is 1. The maximum absolute atomic E-state index is 13.3. The third kappa shape index (κ3) is 6.81. The maximum atomic E-state index is 13.3. The van der Waals surface area contributed by atoms with E-state index in [0.717, 1.165) is 56.6 Å². The van der Waals surface area contributed by atoms with E-state index in [4.69, 9.17) is 21.3 Å². The molecule has 0 amide bonds. The Kier molecular flexibility index (Phi) is 11.1. The topological polar surface area (TPSA) is 120 Å². The minimum atomic E-state index is -0.418. The summed E-state index contributed by atoms with van der Waals surface area (Å²) < 4.78 is 8.34. The van der Waals surface area contributed by atoms with Gasteiger partial charge in [0.2, 0.25) is 5.88 Å². The zero-order valence-electron chi connectivity index (χ0n) is 28.0. The molecule has 2 N–H and O–H groups in total. The molecule has 0 fully saturated rings. The monoisotopic (exact) mass is 719 g/mol. The van der Waals surface area contributed by atoms with Crippen LogP contribution in [0, 0.1) is 20.3 Å². The van der Waals surface area contributed by atoms with Crippen LogP contribution in [0.3, 0.4) is 0 Å². The number of nitrogens with one attached hydrogen (secondary N) is 2. The van der Waals surface area contributed by atoms with Crippen molar-refractivity contribution in [3.63, 3.8) is 0 Å². The molecule has 253 valence electrons. The van der Waals surface area contributed by atoms with Crippen molar-refractivity contribution in [2.75, 3.05) is 19.0 Å². The van der Waals surface area contributed by atoms with Crippen molar-refractivity contribution in [2.45, 2.75) is 45.6 Å². The van der Waals surface area contributed by atoms with Gasteiger partial charge in [-0.05, 0) is 61.6 Å². The van der Waals surface area contributed by atoms with Crippen LogP contribution in [0.4, 0.5) is 11.5 Å². The molecular formula is C37H37ClMnN6O4. The number of rotatable bonds is 11. The van der Waals surface area contributed by atoms with Crippen LogP contribution < -0.4 is 26.6 Å². The zero-order valence-corrected chi connectivity index (χ0v) is 29.9. The van der Waals surface area contributed by atoms with Gasteiger partial charge in [-0.15, -0.1) is 6.54 Å². The van der Waals surface area contributed by atoms with Crippen molar-refractivity contribution in [1.29, 1.82) is 0 Å². The molecule has 12 heteroatoms. The van der Waals surface area contributed by atoms with Gasteiger partial charge in [0, 0.05) is 48.2 Å². The standard InChI is InChI=1S/C37H37ClN6O4.Mn/c1-21-19-30-32(36(46)44(4)37(47)43(30)3)34(40-21)41-27-14-10-11-24(22(27)2)25-12-9-13-26(33(25)38)29-20-23-15-16-28(31(23)35(42-29)48-5)39-17-7-6-8-18-45;/h7,9-14,19-20,28,39H,6,8,15-17H2,1-5H3,(H,40,41);/q-2;+2/t28-;/m0./s1. The average molecular weight is 720 g/mol. The van der Waals surface area contributed by atoms with Crippen molar-refractivity contribution in [2.24, 2.45) is 14.1 Å². The zero-order chi connectivity index (χ0) is 34.1. The average Bonchev–Trinajstić information content (AvgIpc) is 3.49. The molecule has 3 heterocycles. The van der Waals surface area contributed by atoms with Gasteiger partial charge >= 0.3 is 22.8 Å². The number of hydrogen-bond acceptors (Lipinski definition) is 8. The summed E-state index contributed by atoms with van der Waals surface area (Å²) in [7, 11) is 4.74. The van der Waals surface area contributed by atoms with Crippen molar-refractivity contribution >= 4 is 40.3 Å². The molecule has 2 aromatic carbocycles. The van der Waals surface area contributed by atoms with Crippen molar-refractivity contribution in [1.82, 2.24) is 24.4 Å². The second kappa shape index (κ2) is 15.1. The minimum Gasteiger partial charge on any atom is -0.542 e. The summed E-state index contributed by atoms with van der Waals surface area (Å²) in [5.74, 6) is 0.949. The summed E-state index contributed by atoms with van der Waals surface area (Å²) >= 11 is 7.18. The van der Waals surface area contributed by atoms with Crippen molar-refractivity contribution in [3.8, 4) is 28.3 Å². The molecule has 3 aromatic heterocycles. The molecule has 1 aliphatic carbocycles. The number of nitrogens with zero attached hydrogens (tertiary/aromatic N) is 4. The molecule has 0 aliphatic heterocycles. The van der Waals surface area contributed by atoms with Gasteiger partial charge in [-0.1, -0.05) is 41.9 Å². The first-order valence-electron chi connectivity index (χ1n) is 15.9. The molecule has 49 heavy (non-hydrogen) atoms. The van der Waals surface area contributed by atoms with Crippen LogP contribution in [0.1, 0.15) is 47.7 Å². The summed E-state index contributed by atoms with van der Waals surface area (Å²) in [6.45, 7) is 4.50. The number of anilines is 2. The number of aryl methyl sites for hydroxylation is 3. The number of aromatic nitrogens is 4. The van der Waals surface area contributed by atoms with Crippen LogP contribution in [0.25, 0.3) is 33.3 Å². The quantitative estimate of drug-likeness (QED) is 0.0962. The number of hydrogen-bond donors (Lipinski definition) is 2. The van der Waals surface area contributed by atoms with E-state index < -0.39 is 11.2 Å². The van der Waals surface area contributed by atoms with Gasteiger partial charge < -0.3 is 26.6 Å².